The molecule has 1 aromatic carbocycles. The number of rotatable bonds is 1. The van der Waals surface area contributed by atoms with Gasteiger partial charge in [0.1, 0.15) is 18.8 Å². The Labute approximate surface area is 194 Å². The maximum absolute atomic E-state index is 13.2. The van der Waals surface area contributed by atoms with Gasteiger partial charge in [-0.1, -0.05) is 12.1 Å². The zero-order chi connectivity index (χ0) is 22.5. The molecular formula is C23H24INO6. The first-order valence-corrected chi connectivity index (χ1v) is 11.1. The third-order valence-corrected chi connectivity index (χ3v) is 6.55. The number of carbonyl (C=O) groups excluding carboxylic acids is 3. The van der Waals surface area contributed by atoms with Crippen LogP contribution >= 0.6 is 22.6 Å². The molecular weight excluding hydrogens is 513 g/mol. The van der Waals surface area contributed by atoms with Crippen LogP contribution in [-0.2, 0) is 23.8 Å². The smallest absolute Gasteiger partial charge is 0.419 e. The summed E-state index contributed by atoms with van der Waals surface area (Å²) in [5.41, 5.74) is 2.88. The number of carbonyl (C=O) groups is 3. The molecule has 0 radical (unpaired) electrons. The number of hydrogen-bond donors (Lipinski definition) is 0. The van der Waals surface area contributed by atoms with E-state index in [-0.39, 0.29) is 38.0 Å². The number of aryl methyl sites for hydroxylation is 1. The number of nitrogens with zero attached hydrogens (tertiary/aromatic N) is 1. The quantitative estimate of drug-likeness (QED) is 0.509. The van der Waals surface area contributed by atoms with Gasteiger partial charge in [0.05, 0.1) is 24.6 Å². The molecule has 0 saturated carbocycles. The van der Waals surface area contributed by atoms with E-state index in [4.69, 9.17) is 14.2 Å². The predicted octanol–water partition coefficient (Wildman–Crippen LogP) is 3.64. The molecule has 0 aromatic heterocycles. The van der Waals surface area contributed by atoms with Gasteiger partial charge in [-0.05, 0) is 67.5 Å². The Bertz CT molecular complexity index is 1000. The molecule has 4 rings (SSSR count). The molecule has 164 valence electrons. The van der Waals surface area contributed by atoms with Crippen LogP contribution in [0.5, 0.6) is 0 Å². The van der Waals surface area contributed by atoms with Crippen LogP contribution in [0.25, 0.3) is 0 Å². The number of ether oxygens (including phenoxy) is 3. The minimum atomic E-state index is -0.748. The molecule has 3 heterocycles. The summed E-state index contributed by atoms with van der Waals surface area (Å²) in [4.78, 5) is 40.6. The van der Waals surface area contributed by atoms with E-state index in [1.807, 2.05) is 25.1 Å². The van der Waals surface area contributed by atoms with Crippen LogP contribution in [0.4, 0.5) is 4.79 Å². The van der Waals surface area contributed by atoms with Gasteiger partial charge in [0.2, 0.25) is 0 Å². The van der Waals surface area contributed by atoms with Gasteiger partial charge in [0.15, 0.2) is 11.6 Å². The fraction of sp³-hybridized carbons (Fsp3) is 0.435. The minimum Gasteiger partial charge on any atom is -0.443 e. The molecule has 0 saturated heterocycles. The summed E-state index contributed by atoms with van der Waals surface area (Å²) in [6.45, 7) is 7.27. The molecule has 0 spiro atoms. The summed E-state index contributed by atoms with van der Waals surface area (Å²) in [6.07, 6.45) is -0.652. The van der Waals surface area contributed by atoms with Crippen LogP contribution in [-0.4, -0.2) is 54.6 Å². The highest BCUT2D eigenvalue weighted by Crippen LogP contribution is 2.46. The van der Waals surface area contributed by atoms with Crippen LogP contribution < -0.4 is 0 Å². The standard InChI is InChI=1S/C23H24INO6/c1-12-5-6-13(7-14(12)24)19-20-15(8-29-10-17(20)26)25(22(28)31-23(2,3)4)16-9-30-11-18(27)21(16)19/h5-7,19H,8-11H2,1-4H3. The summed E-state index contributed by atoms with van der Waals surface area (Å²) in [6, 6.07) is 5.90. The van der Waals surface area contributed by atoms with E-state index in [0.717, 1.165) is 14.7 Å². The van der Waals surface area contributed by atoms with Crippen molar-refractivity contribution in [1.29, 1.82) is 0 Å². The fourth-order valence-corrected chi connectivity index (χ4v) is 4.64. The average Bonchev–Trinajstić information content (AvgIpc) is 2.67. The summed E-state index contributed by atoms with van der Waals surface area (Å²) < 4.78 is 17.6. The molecule has 0 atom stereocenters. The van der Waals surface area contributed by atoms with E-state index in [9.17, 15) is 14.4 Å². The van der Waals surface area contributed by atoms with Gasteiger partial charge >= 0.3 is 6.09 Å². The first kappa shape index (κ1) is 22.2. The Morgan fingerprint density at radius 1 is 1.03 bits per heavy atom. The van der Waals surface area contributed by atoms with Crippen molar-refractivity contribution >= 4 is 40.3 Å². The molecule has 1 aromatic rings. The number of halogens is 1. The maximum Gasteiger partial charge on any atom is 0.419 e. The van der Waals surface area contributed by atoms with E-state index < -0.39 is 17.6 Å². The highest BCUT2D eigenvalue weighted by Gasteiger charge is 2.46. The molecule has 0 bridgehead atoms. The topological polar surface area (TPSA) is 82.1 Å². The lowest BCUT2D eigenvalue weighted by Crippen LogP contribution is -2.47. The molecule has 7 nitrogen and oxygen atoms in total. The van der Waals surface area contributed by atoms with Gasteiger partial charge in [-0.15, -0.1) is 0 Å². The van der Waals surface area contributed by atoms with E-state index >= 15 is 0 Å². The molecule has 0 N–H and O–H groups in total. The van der Waals surface area contributed by atoms with Crippen molar-refractivity contribution in [1.82, 2.24) is 4.90 Å². The molecule has 0 unspecified atom stereocenters. The molecule has 3 aliphatic heterocycles. The highest BCUT2D eigenvalue weighted by molar-refractivity contribution is 14.1. The van der Waals surface area contributed by atoms with Gasteiger partial charge < -0.3 is 14.2 Å². The van der Waals surface area contributed by atoms with Crippen molar-refractivity contribution < 1.29 is 28.6 Å². The zero-order valence-corrected chi connectivity index (χ0v) is 20.1. The highest BCUT2D eigenvalue weighted by atomic mass is 127. The van der Waals surface area contributed by atoms with Crippen LogP contribution in [0.1, 0.15) is 37.8 Å². The Morgan fingerprint density at radius 2 is 1.58 bits per heavy atom. The van der Waals surface area contributed by atoms with Gasteiger partial charge in [-0.2, -0.15) is 0 Å². The Kier molecular flexibility index (Phi) is 5.82. The second-order valence-electron chi connectivity index (χ2n) is 8.81. The van der Waals surface area contributed by atoms with Crippen LogP contribution in [0.2, 0.25) is 0 Å². The number of ketones is 2. The fourth-order valence-electron chi connectivity index (χ4n) is 4.10. The lowest BCUT2D eigenvalue weighted by atomic mass is 9.75. The molecule has 1 amide bonds. The summed E-state index contributed by atoms with van der Waals surface area (Å²) in [5, 5.41) is 0. The molecule has 31 heavy (non-hydrogen) atoms. The average molecular weight is 537 g/mol. The van der Waals surface area contributed by atoms with E-state index in [2.05, 4.69) is 22.6 Å². The van der Waals surface area contributed by atoms with Crippen LogP contribution in [0.15, 0.2) is 40.7 Å². The Morgan fingerprint density at radius 3 is 2.06 bits per heavy atom. The van der Waals surface area contributed by atoms with Gasteiger partial charge in [0.25, 0.3) is 0 Å². The number of Topliss-reactive ketones (excluding diaryl/α,β-unsaturated/α-hetero) is 2. The number of benzene rings is 1. The van der Waals surface area contributed by atoms with Crippen molar-refractivity contribution in [2.45, 2.75) is 39.2 Å². The van der Waals surface area contributed by atoms with E-state index in [1.165, 1.54) is 4.90 Å². The second-order valence-corrected chi connectivity index (χ2v) is 9.97. The summed E-state index contributed by atoms with van der Waals surface area (Å²) >= 11 is 2.25. The third kappa shape index (κ3) is 4.08. The Balaban J connectivity index is 1.95. The monoisotopic (exact) mass is 537 g/mol. The Hall–Kier alpha value is -2.04. The van der Waals surface area contributed by atoms with Gasteiger partial charge in [-0.3, -0.25) is 9.59 Å². The summed E-state index contributed by atoms with van der Waals surface area (Å²) in [5.74, 6) is -1.03. The third-order valence-electron chi connectivity index (χ3n) is 5.39. The predicted molar refractivity (Wildman–Crippen MR) is 120 cm³/mol. The normalized spacial score (nSPS) is 20.1. The number of hydrogen-bond acceptors (Lipinski definition) is 6. The van der Waals surface area contributed by atoms with Crippen LogP contribution in [0, 0.1) is 10.5 Å². The van der Waals surface area contributed by atoms with Crippen LogP contribution in [0.3, 0.4) is 0 Å². The molecule has 0 aliphatic carbocycles. The van der Waals surface area contributed by atoms with E-state index in [1.54, 1.807) is 20.8 Å². The largest absolute Gasteiger partial charge is 0.443 e. The molecule has 0 fully saturated rings. The maximum atomic E-state index is 13.2. The van der Waals surface area contributed by atoms with E-state index in [0.29, 0.717) is 22.5 Å². The van der Waals surface area contributed by atoms with Gasteiger partial charge in [0, 0.05) is 20.6 Å². The molecule has 3 aliphatic rings. The first-order chi connectivity index (χ1) is 14.6. The summed E-state index contributed by atoms with van der Waals surface area (Å²) in [7, 11) is 0. The minimum absolute atomic E-state index is 0.0741. The van der Waals surface area contributed by atoms with Crippen molar-refractivity contribution in [3.8, 4) is 0 Å². The second kappa shape index (κ2) is 8.14. The first-order valence-electron chi connectivity index (χ1n) is 10.1. The van der Waals surface area contributed by atoms with Crippen molar-refractivity contribution in [2.75, 3.05) is 26.4 Å². The lowest BCUT2D eigenvalue weighted by Gasteiger charge is -2.42. The van der Waals surface area contributed by atoms with Crippen molar-refractivity contribution in [3.05, 3.63) is 55.4 Å². The molecule has 8 heteroatoms. The number of amides is 1. The lowest BCUT2D eigenvalue weighted by molar-refractivity contribution is -0.123. The van der Waals surface area contributed by atoms with Crippen molar-refractivity contribution in [2.24, 2.45) is 0 Å². The zero-order valence-electron chi connectivity index (χ0n) is 17.9. The SMILES string of the molecule is Cc1ccc(C2C3=C(COCC3=O)N(C(=O)OC(C)(C)C)C3=C2C(=O)COC3)cc1I. The van der Waals surface area contributed by atoms with Crippen molar-refractivity contribution in [3.63, 3.8) is 0 Å². The van der Waals surface area contributed by atoms with Gasteiger partial charge in [-0.25, -0.2) is 9.69 Å².